The Hall–Kier alpha value is -0.260. The standard InChI is InChI=1S/C6H14O8S2/c1-13-5(15(7,8)9)3-4-6(14-2)16(10,11)12/h5-6H,3-4H2,1-2H3,(H,7,8,9)(H,10,11,12). The van der Waals surface area contributed by atoms with Crippen molar-refractivity contribution in [3.8, 4) is 0 Å². The fraction of sp³-hybridized carbons (Fsp3) is 1.00. The molecule has 10 heteroatoms. The fourth-order valence-corrected chi connectivity index (χ4v) is 2.40. The first kappa shape index (κ1) is 15.7. The second-order valence-corrected chi connectivity index (χ2v) is 6.05. The van der Waals surface area contributed by atoms with Crippen LogP contribution < -0.4 is 0 Å². The first-order chi connectivity index (χ1) is 7.12. The van der Waals surface area contributed by atoms with Crippen LogP contribution in [0.25, 0.3) is 0 Å². The van der Waals surface area contributed by atoms with Crippen LogP contribution in [0.2, 0.25) is 0 Å². The summed E-state index contributed by atoms with van der Waals surface area (Å²) in [6.07, 6.45) is -0.652. The van der Waals surface area contributed by atoms with Gasteiger partial charge in [0.25, 0.3) is 20.2 Å². The average molecular weight is 278 g/mol. The van der Waals surface area contributed by atoms with E-state index in [1.807, 2.05) is 0 Å². The molecule has 0 aromatic carbocycles. The molecule has 0 fully saturated rings. The molecule has 0 aliphatic heterocycles. The van der Waals surface area contributed by atoms with Crippen molar-refractivity contribution in [2.75, 3.05) is 14.2 Å². The lowest BCUT2D eigenvalue weighted by Gasteiger charge is -2.15. The Morgan fingerprint density at radius 3 is 1.25 bits per heavy atom. The minimum absolute atomic E-state index is 0.326. The first-order valence-corrected chi connectivity index (χ1v) is 7.11. The van der Waals surface area contributed by atoms with Gasteiger partial charge in [0.2, 0.25) is 0 Å². The highest BCUT2D eigenvalue weighted by atomic mass is 32.2. The van der Waals surface area contributed by atoms with Gasteiger partial charge in [0, 0.05) is 14.2 Å². The molecule has 0 spiro atoms. The Morgan fingerprint density at radius 2 is 1.12 bits per heavy atom. The van der Waals surface area contributed by atoms with Crippen molar-refractivity contribution in [3.05, 3.63) is 0 Å². The second kappa shape index (κ2) is 5.89. The lowest BCUT2D eigenvalue weighted by atomic mass is 10.3. The van der Waals surface area contributed by atoms with Crippen LogP contribution >= 0.6 is 0 Å². The molecule has 16 heavy (non-hydrogen) atoms. The summed E-state index contributed by atoms with van der Waals surface area (Å²) < 4.78 is 69.0. The van der Waals surface area contributed by atoms with Gasteiger partial charge in [0.05, 0.1) is 0 Å². The SMILES string of the molecule is COC(CCC(OC)S(=O)(=O)O)S(=O)(=O)O. The molecule has 2 atom stereocenters. The van der Waals surface area contributed by atoms with Crippen LogP contribution in [0, 0.1) is 0 Å². The lowest BCUT2D eigenvalue weighted by Crippen LogP contribution is -2.28. The Morgan fingerprint density at radius 1 is 0.875 bits per heavy atom. The maximum Gasteiger partial charge on any atom is 0.292 e. The minimum atomic E-state index is -4.42. The van der Waals surface area contributed by atoms with Crippen molar-refractivity contribution in [1.82, 2.24) is 0 Å². The van der Waals surface area contributed by atoms with Gasteiger partial charge in [-0.3, -0.25) is 9.11 Å². The van der Waals surface area contributed by atoms with Gasteiger partial charge in [-0.15, -0.1) is 0 Å². The smallest absolute Gasteiger partial charge is 0.292 e. The summed E-state index contributed by atoms with van der Waals surface area (Å²) in [4.78, 5) is 0. The van der Waals surface area contributed by atoms with Crippen LogP contribution in [0.15, 0.2) is 0 Å². The quantitative estimate of drug-likeness (QED) is 0.596. The molecule has 0 aromatic heterocycles. The minimum Gasteiger partial charge on any atom is -0.363 e. The van der Waals surface area contributed by atoms with Gasteiger partial charge in [0.15, 0.2) is 10.9 Å². The molecule has 0 bridgehead atoms. The van der Waals surface area contributed by atoms with E-state index in [4.69, 9.17) is 9.11 Å². The highest BCUT2D eigenvalue weighted by Crippen LogP contribution is 2.14. The number of ether oxygens (including phenoxy) is 2. The third-order valence-electron chi connectivity index (χ3n) is 1.83. The van der Waals surface area contributed by atoms with E-state index in [1.54, 1.807) is 0 Å². The van der Waals surface area contributed by atoms with Crippen LogP contribution in [0.3, 0.4) is 0 Å². The molecule has 0 aromatic rings. The molecule has 0 heterocycles. The summed E-state index contributed by atoms with van der Waals surface area (Å²) in [6, 6.07) is 0. The van der Waals surface area contributed by atoms with E-state index in [0.717, 1.165) is 14.2 Å². The van der Waals surface area contributed by atoms with Crippen molar-refractivity contribution in [2.45, 2.75) is 23.7 Å². The van der Waals surface area contributed by atoms with E-state index in [9.17, 15) is 16.8 Å². The van der Waals surface area contributed by atoms with Gasteiger partial charge in [-0.05, 0) is 12.8 Å². The maximum absolute atomic E-state index is 10.7. The zero-order valence-electron chi connectivity index (χ0n) is 8.73. The molecule has 0 radical (unpaired) electrons. The van der Waals surface area contributed by atoms with E-state index >= 15 is 0 Å². The summed E-state index contributed by atoms with van der Waals surface area (Å²) >= 11 is 0. The third-order valence-corrected chi connectivity index (χ3v) is 4.01. The zero-order chi connectivity index (χ0) is 13.0. The normalized spacial score (nSPS) is 17.0. The van der Waals surface area contributed by atoms with Crippen LogP contribution in [-0.4, -0.2) is 51.0 Å². The van der Waals surface area contributed by atoms with Crippen molar-refractivity contribution >= 4 is 20.2 Å². The number of hydrogen-bond donors (Lipinski definition) is 2. The van der Waals surface area contributed by atoms with Crippen molar-refractivity contribution in [2.24, 2.45) is 0 Å². The molecule has 0 rings (SSSR count). The second-order valence-electron chi connectivity index (χ2n) is 2.94. The van der Waals surface area contributed by atoms with Gasteiger partial charge < -0.3 is 9.47 Å². The monoisotopic (exact) mass is 278 g/mol. The van der Waals surface area contributed by atoms with Crippen molar-refractivity contribution < 1.29 is 35.4 Å². The lowest BCUT2D eigenvalue weighted by molar-refractivity contribution is 0.110. The molecule has 8 nitrogen and oxygen atoms in total. The van der Waals surface area contributed by atoms with Crippen LogP contribution in [0.1, 0.15) is 12.8 Å². The molecule has 0 amide bonds. The van der Waals surface area contributed by atoms with Crippen LogP contribution in [0.5, 0.6) is 0 Å². The van der Waals surface area contributed by atoms with Gasteiger partial charge in [0.1, 0.15) is 0 Å². The van der Waals surface area contributed by atoms with Gasteiger partial charge >= 0.3 is 0 Å². The van der Waals surface area contributed by atoms with Crippen molar-refractivity contribution in [3.63, 3.8) is 0 Å². The highest BCUT2D eigenvalue weighted by Gasteiger charge is 2.28. The highest BCUT2D eigenvalue weighted by molar-refractivity contribution is 7.86. The predicted molar refractivity (Wildman–Crippen MR) is 53.9 cm³/mol. The average Bonchev–Trinajstić information content (AvgIpc) is 2.08. The number of methoxy groups -OCH3 is 2. The molecule has 0 aliphatic carbocycles. The van der Waals surface area contributed by atoms with E-state index in [2.05, 4.69) is 9.47 Å². The van der Waals surface area contributed by atoms with E-state index in [-0.39, 0.29) is 12.8 Å². The summed E-state index contributed by atoms with van der Waals surface area (Å²) in [7, 11) is -6.74. The number of rotatable bonds is 7. The van der Waals surface area contributed by atoms with Crippen LogP contribution in [0.4, 0.5) is 0 Å². The number of hydrogen-bond acceptors (Lipinski definition) is 6. The summed E-state index contributed by atoms with van der Waals surface area (Å²) in [5.74, 6) is 0. The fourth-order valence-electron chi connectivity index (χ4n) is 1.05. The Labute approximate surface area is 94.0 Å². The Balaban J connectivity index is 4.54. The summed E-state index contributed by atoms with van der Waals surface area (Å²) in [5.41, 5.74) is -3.10. The van der Waals surface area contributed by atoms with Gasteiger partial charge in [-0.2, -0.15) is 16.8 Å². The molecule has 98 valence electrons. The summed E-state index contributed by atoms with van der Waals surface area (Å²) in [5, 5.41) is 0. The van der Waals surface area contributed by atoms with Gasteiger partial charge in [-0.25, -0.2) is 0 Å². The molecular formula is C6H14O8S2. The first-order valence-electron chi connectivity index (χ1n) is 4.11. The molecule has 0 saturated carbocycles. The molecular weight excluding hydrogens is 264 g/mol. The zero-order valence-corrected chi connectivity index (χ0v) is 10.4. The third kappa shape index (κ3) is 5.18. The molecule has 0 aliphatic rings. The summed E-state index contributed by atoms with van der Waals surface area (Å²) in [6.45, 7) is 0. The van der Waals surface area contributed by atoms with E-state index in [1.165, 1.54) is 0 Å². The van der Waals surface area contributed by atoms with Crippen molar-refractivity contribution in [1.29, 1.82) is 0 Å². The van der Waals surface area contributed by atoms with Crippen LogP contribution in [-0.2, 0) is 29.7 Å². The molecule has 2 N–H and O–H groups in total. The molecule has 0 saturated heterocycles. The maximum atomic E-state index is 10.7. The topological polar surface area (TPSA) is 127 Å². The largest absolute Gasteiger partial charge is 0.363 e. The van der Waals surface area contributed by atoms with Gasteiger partial charge in [-0.1, -0.05) is 0 Å². The Kier molecular flexibility index (Phi) is 5.79. The van der Waals surface area contributed by atoms with E-state index < -0.39 is 31.1 Å². The Bertz CT molecular complexity index is 356. The van der Waals surface area contributed by atoms with E-state index in [0.29, 0.717) is 0 Å². The predicted octanol–water partition coefficient (Wildman–Crippen LogP) is -0.513. The molecule has 2 unspecified atom stereocenters.